The highest BCUT2D eigenvalue weighted by molar-refractivity contribution is 6.30. The number of anilines is 1. The number of halogens is 1. The molecule has 0 saturated heterocycles. The summed E-state index contributed by atoms with van der Waals surface area (Å²) < 4.78 is 5.19. The third-order valence-electron chi connectivity index (χ3n) is 3.13. The van der Waals surface area contributed by atoms with Gasteiger partial charge in [0.05, 0.1) is 12.8 Å². The molecule has 0 aliphatic rings. The number of hydrogen-bond donors (Lipinski definition) is 2. The minimum absolute atomic E-state index is 0.189. The van der Waals surface area contributed by atoms with E-state index in [2.05, 4.69) is 10.6 Å². The fourth-order valence-corrected chi connectivity index (χ4v) is 2.16. The van der Waals surface area contributed by atoms with E-state index in [0.717, 1.165) is 5.56 Å². The van der Waals surface area contributed by atoms with Gasteiger partial charge in [0, 0.05) is 24.1 Å². The van der Waals surface area contributed by atoms with E-state index in [0.29, 0.717) is 28.6 Å². The summed E-state index contributed by atoms with van der Waals surface area (Å²) in [6.07, 6.45) is 0. The summed E-state index contributed by atoms with van der Waals surface area (Å²) in [7, 11) is 1.53. The molecule has 2 aromatic carbocycles. The van der Waals surface area contributed by atoms with Crippen LogP contribution in [0.2, 0.25) is 5.02 Å². The third kappa shape index (κ3) is 4.72. The van der Waals surface area contributed by atoms with Gasteiger partial charge in [-0.1, -0.05) is 17.7 Å². The van der Waals surface area contributed by atoms with Crippen molar-refractivity contribution in [1.82, 2.24) is 5.32 Å². The SMILES string of the molecule is COc1ccc(CNC(=O)c2ccc(Cl)cc2)cc1NC(C)=O. The van der Waals surface area contributed by atoms with E-state index in [1.807, 2.05) is 6.07 Å². The van der Waals surface area contributed by atoms with Crippen molar-refractivity contribution in [2.24, 2.45) is 0 Å². The van der Waals surface area contributed by atoms with Crippen LogP contribution in [0.5, 0.6) is 5.75 Å². The monoisotopic (exact) mass is 332 g/mol. The van der Waals surface area contributed by atoms with Gasteiger partial charge >= 0.3 is 0 Å². The zero-order valence-corrected chi connectivity index (χ0v) is 13.6. The number of methoxy groups -OCH3 is 1. The normalized spacial score (nSPS) is 10.0. The van der Waals surface area contributed by atoms with Crippen molar-refractivity contribution in [1.29, 1.82) is 0 Å². The molecule has 5 nitrogen and oxygen atoms in total. The lowest BCUT2D eigenvalue weighted by Crippen LogP contribution is -2.22. The number of carbonyl (C=O) groups is 2. The Balaban J connectivity index is 2.06. The summed E-state index contributed by atoms with van der Waals surface area (Å²) >= 11 is 5.80. The van der Waals surface area contributed by atoms with Gasteiger partial charge in [0.15, 0.2) is 0 Å². The zero-order chi connectivity index (χ0) is 16.8. The standard InChI is InChI=1S/C17H17ClN2O3/c1-11(21)20-15-9-12(3-8-16(15)23-2)10-19-17(22)13-4-6-14(18)7-5-13/h3-9H,10H2,1-2H3,(H,19,22)(H,20,21). The Kier molecular flexibility index (Phi) is 5.60. The number of benzene rings is 2. The lowest BCUT2D eigenvalue weighted by molar-refractivity contribution is -0.114. The number of ether oxygens (including phenoxy) is 1. The summed E-state index contributed by atoms with van der Waals surface area (Å²) in [5.41, 5.74) is 1.94. The van der Waals surface area contributed by atoms with E-state index in [1.54, 1.807) is 36.4 Å². The molecule has 0 heterocycles. The first-order valence-corrected chi connectivity index (χ1v) is 7.35. The predicted octanol–water partition coefficient (Wildman–Crippen LogP) is 3.24. The number of amides is 2. The van der Waals surface area contributed by atoms with Crippen LogP contribution >= 0.6 is 11.6 Å². The van der Waals surface area contributed by atoms with E-state index in [4.69, 9.17) is 16.3 Å². The summed E-state index contributed by atoms with van der Waals surface area (Å²) in [5, 5.41) is 6.10. The van der Waals surface area contributed by atoms with Gasteiger partial charge in [0.1, 0.15) is 5.75 Å². The second-order valence-electron chi connectivity index (χ2n) is 4.91. The largest absolute Gasteiger partial charge is 0.495 e. The maximum Gasteiger partial charge on any atom is 0.251 e. The average Bonchev–Trinajstić information content (AvgIpc) is 2.53. The summed E-state index contributed by atoms with van der Waals surface area (Å²) in [6, 6.07) is 12.0. The topological polar surface area (TPSA) is 67.4 Å². The molecule has 2 aromatic rings. The smallest absolute Gasteiger partial charge is 0.251 e. The van der Waals surface area contributed by atoms with Gasteiger partial charge in [-0.25, -0.2) is 0 Å². The fourth-order valence-electron chi connectivity index (χ4n) is 2.04. The zero-order valence-electron chi connectivity index (χ0n) is 12.9. The van der Waals surface area contributed by atoms with E-state index < -0.39 is 0 Å². The minimum atomic E-state index is -0.196. The average molecular weight is 333 g/mol. The predicted molar refractivity (Wildman–Crippen MR) is 89.9 cm³/mol. The Morgan fingerprint density at radius 2 is 1.83 bits per heavy atom. The second-order valence-corrected chi connectivity index (χ2v) is 5.34. The van der Waals surface area contributed by atoms with Crippen LogP contribution in [0.25, 0.3) is 0 Å². The Morgan fingerprint density at radius 3 is 2.43 bits per heavy atom. The van der Waals surface area contributed by atoms with Crippen LogP contribution in [0, 0.1) is 0 Å². The molecule has 0 atom stereocenters. The third-order valence-corrected chi connectivity index (χ3v) is 3.39. The van der Waals surface area contributed by atoms with Gasteiger partial charge in [0.25, 0.3) is 5.91 Å². The Hall–Kier alpha value is -2.53. The molecule has 2 rings (SSSR count). The molecule has 0 aliphatic carbocycles. The molecular weight excluding hydrogens is 316 g/mol. The highest BCUT2D eigenvalue weighted by Gasteiger charge is 2.08. The van der Waals surface area contributed by atoms with Crippen LogP contribution in [0.1, 0.15) is 22.8 Å². The van der Waals surface area contributed by atoms with Crippen molar-refractivity contribution in [3.05, 3.63) is 58.6 Å². The Bertz CT molecular complexity index is 714. The molecule has 0 bridgehead atoms. The maximum absolute atomic E-state index is 12.1. The van der Waals surface area contributed by atoms with Crippen molar-refractivity contribution in [2.45, 2.75) is 13.5 Å². The summed E-state index contributed by atoms with van der Waals surface area (Å²) in [4.78, 5) is 23.3. The van der Waals surface area contributed by atoms with Gasteiger partial charge < -0.3 is 15.4 Å². The lowest BCUT2D eigenvalue weighted by Gasteiger charge is -2.12. The number of hydrogen-bond acceptors (Lipinski definition) is 3. The minimum Gasteiger partial charge on any atom is -0.495 e. The molecule has 0 aromatic heterocycles. The molecule has 120 valence electrons. The molecule has 2 N–H and O–H groups in total. The maximum atomic E-state index is 12.1. The Morgan fingerprint density at radius 1 is 1.13 bits per heavy atom. The number of rotatable bonds is 5. The van der Waals surface area contributed by atoms with Crippen LogP contribution < -0.4 is 15.4 Å². The van der Waals surface area contributed by atoms with E-state index in [9.17, 15) is 9.59 Å². The molecule has 0 unspecified atom stereocenters. The molecule has 23 heavy (non-hydrogen) atoms. The van der Waals surface area contributed by atoms with Crippen LogP contribution in [0.15, 0.2) is 42.5 Å². The molecule has 6 heteroatoms. The van der Waals surface area contributed by atoms with Crippen molar-refractivity contribution >= 4 is 29.1 Å². The molecule has 0 spiro atoms. The molecule has 0 saturated carbocycles. The first-order chi connectivity index (χ1) is 11.0. The van der Waals surface area contributed by atoms with Crippen molar-refractivity contribution < 1.29 is 14.3 Å². The van der Waals surface area contributed by atoms with Gasteiger partial charge in [-0.05, 0) is 42.0 Å². The van der Waals surface area contributed by atoms with Gasteiger partial charge in [-0.2, -0.15) is 0 Å². The molecular formula is C17H17ClN2O3. The van der Waals surface area contributed by atoms with E-state index >= 15 is 0 Å². The molecule has 0 fully saturated rings. The van der Waals surface area contributed by atoms with E-state index in [-0.39, 0.29) is 11.8 Å². The molecule has 2 amide bonds. The number of carbonyl (C=O) groups excluding carboxylic acids is 2. The summed E-state index contributed by atoms with van der Waals surface area (Å²) in [5.74, 6) is 0.178. The Labute approximate surface area is 139 Å². The van der Waals surface area contributed by atoms with Crippen molar-refractivity contribution in [2.75, 3.05) is 12.4 Å². The number of nitrogens with one attached hydrogen (secondary N) is 2. The molecule has 0 radical (unpaired) electrons. The fraction of sp³-hybridized carbons (Fsp3) is 0.176. The quantitative estimate of drug-likeness (QED) is 0.883. The van der Waals surface area contributed by atoms with Crippen LogP contribution in [0.3, 0.4) is 0 Å². The van der Waals surface area contributed by atoms with Crippen molar-refractivity contribution in [3.63, 3.8) is 0 Å². The highest BCUT2D eigenvalue weighted by atomic mass is 35.5. The van der Waals surface area contributed by atoms with Gasteiger partial charge in [-0.3, -0.25) is 9.59 Å². The second kappa shape index (κ2) is 7.65. The van der Waals surface area contributed by atoms with Gasteiger partial charge in [0.2, 0.25) is 5.91 Å². The molecule has 0 aliphatic heterocycles. The van der Waals surface area contributed by atoms with E-state index in [1.165, 1.54) is 14.0 Å². The van der Waals surface area contributed by atoms with Crippen molar-refractivity contribution in [3.8, 4) is 5.75 Å². The first kappa shape index (κ1) is 16.8. The van der Waals surface area contributed by atoms with Crippen LogP contribution in [0.4, 0.5) is 5.69 Å². The van der Waals surface area contributed by atoms with Crippen LogP contribution in [-0.4, -0.2) is 18.9 Å². The van der Waals surface area contributed by atoms with Gasteiger partial charge in [-0.15, -0.1) is 0 Å². The lowest BCUT2D eigenvalue weighted by atomic mass is 10.1. The summed E-state index contributed by atoms with van der Waals surface area (Å²) in [6.45, 7) is 1.76. The highest BCUT2D eigenvalue weighted by Crippen LogP contribution is 2.25. The first-order valence-electron chi connectivity index (χ1n) is 6.98. The van der Waals surface area contributed by atoms with Crippen LogP contribution in [-0.2, 0) is 11.3 Å².